The highest BCUT2D eigenvalue weighted by molar-refractivity contribution is 5.94. The van der Waals surface area contributed by atoms with Crippen LogP contribution in [0.1, 0.15) is 27.0 Å². The van der Waals surface area contributed by atoms with Crippen molar-refractivity contribution in [3.05, 3.63) is 70.8 Å². The van der Waals surface area contributed by atoms with Gasteiger partial charge in [-0.05, 0) is 29.2 Å². The molecule has 22 heavy (non-hydrogen) atoms. The Morgan fingerprint density at radius 2 is 1.86 bits per heavy atom. The number of rotatable bonds is 4. The minimum absolute atomic E-state index is 0.0177. The van der Waals surface area contributed by atoms with Gasteiger partial charge in [0.2, 0.25) is 5.91 Å². The molecule has 2 atom stereocenters. The van der Waals surface area contributed by atoms with E-state index in [9.17, 15) is 9.90 Å². The van der Waals surface area contributed by atoms with E-state index in [4.69, 9.17) is 5.73 Å². The molecule has 1 amide bonds. The maximum atomic E-state index is 11.5. The van der Waals surface area contributed by atoms with Crippen LogP contribution in [-0.4, -0.2) is 23.2 Å². The first kappa shape index (κ1) is 14.8. The van der Waals surface area contributed by atoms with E-state index in [-0.39, 0.29) is 6.04 Å². The lowest BCUT2D eigenvalue weighted by Crippen LogP contribution is -2.45. The Balaban J connectivity index is 1.74. The minimum Gasteiger partial charge on any atom is -0.391 e. The number of amides is 1. The molecule has 114 valence electrons. The fourth-order valence-electron chi connectivity index (χ4n) is 3.06. The molecule has 0 bridgehead atoms. The van der Waals surface area contributed by atoms with Gasteiger partial charge in [-0.3, -0.25) is 4.79 Å². The van der Waals surface area contributed by atoms with Crippen molar-refractivity contribution in [1.29, 1.82) is 0 Å². The molecule has 0 saturated heterocycles. The third-order valence-corrected chi connectivity index (χ3v) is 4.29. The molecule has 1 aliphatic rings. The Hall–Kier alpha value is -2.17. The summed E-state index contributed by atoms with van der Waals surface area (Å²) in [5.41, 5.74) is 9.23. The van der Waals surface area contributed by atoms with E-state index in [1.807, 2.05) is 24.3 Å². The summed E-state index contributed by atoms with van der Waals surface area (Å²) in [5.74, 6) is -0.454. The Bertz CT molecular complexity index is 684. The lowest BCUT2D eigenvalue weighted by Gasteiger charge is -2.30. The Morgan fingerprint density at radius 1 is 1.18 bits per heavy atom. The van der Waals surface area contributed by atoms with E-state index in [1.54, 1.807) is 12.1 Å². The minimum atomic E-state index is -0.561. The molecule has 0 spiro atoms. The molecule has 2 aromatic rings. The van der Waals surface area contributed by atoms with Crippen LogP contribution in [0.4, 0.5) is 0 Å². The topological polar surface area (TPSA) is 75.4 Å². The van der Waals surface area contributed by atoms with Gasteiger partial charge in [0, 0.05) is 24.6 Å². The first-order valence-electron chi connectivity index (χ1n) is 7.51. The fraction of sp³-hybridized carbons (Fsp3) is 0.278. The van der Waals surface area contributed by atoms with Crippen molar-refractivity contribution in [2.45, 2.75) is 31.5 Å². The number of benzene rings is 2. The van der Waals surface area contributed by atoms with Gasteiger partial charge in [0.05, 0.1) is 6.10 Å². The Labute approximate surface area is 130 Å². The molecule has 0 aromatic heterocycles. The SMILES string of the molecule is NC(=O)c1ccccc1C[C@@H](O)[C@@H]1Cc2ccccc2CN1. The molecule has 0 fully saturated rings. The molecule has 4 nitrogen and oxygen atoms in total. The standard InChI is InChI=1S/C18H20N2O2/c19-18(22)15-8-4-3-6-13(15)10-17(21)16-9-12-5-1-2-7-14(12)11-20-16/h1-8,16-17,20-21H,9-11H2,(H2,19,22)/t16-,17+/m0/s1. The summed E-state index contributed by atoms with van der Waals surface area (Å²) in [7, 11) is 0. The van der Waals surface area contributed by atoms with E-state index < -0.39 is 12.0 Å². The third kappa shape index (κ3) is 3.03. The second-order valence-corrected chi connectivity index (χ2v) is 5.75. The van der Waals surface area contributed by atoms with Gasteiger partial charge in [-0.15, -0.1) is 0 Å². The average molecular weight is 296 g/mol. The maximum absolute atomic E-state index is 11.5. The van der Waals surface area contributed by atoms with E-state index in [2.05, 4.69) is 17.4 Å². The summed E-state index contributed by atoms with van der Waals surface area (Å²) >= 11 is 0. The van der Waals surface area contributed by atoms with E-state index in [1.165, 1.54) is 11.1 Å². The van der Waals surface area contributed by atoms with Gasteiger partial charge in [-0.1, -0.05) is 42.5 Å². The number of nitrogens with two attached hydrogens (primary N) is 1. The zero-order valence-electron chi connectivity index (χ0n) is 12.3. The summed E-state index contributed by atoms with van der Waals surface area (Å²) in [6, 6.07) is 15.4. The van der Waals surface area contributed by atoms with Gasteiger partial charge in [-0.25, -0.2) is 0 Å². The highest BCUT2D eigenvalue weighted by Gasteiger charge is 2.25. The third-order valence-electron chi connectivity index (χ3n) is 4.29. The molecule has 4 heteroatoms. The lowest BCUT2D eigenvalue weighted by atomic mass is 9.89. The number of carbonyl (C=O) groups is 1. The summed E-state index contributed by atoms with van der Waals surface area (Å²) < 4.78 is 0. The van der Waals surface area contributed by atoms with Gasteiger partial charge in [0.1, 0.15) is 0 Å². The highest BCUT2D eigenvalue weighted by Crippen LogP contribution is 2.20. The molecule has 3 rings (SSSR count). The van der Waals surface area contributed by atoms with Crippen molar-refractivity contribution in [2.75, 3.05) is 0 Å². The van der Waals surface area contributed by atoms with Gasteiger partial charge in [0.25, 0.3) is 0 Å². The van der Waals surface area contributed by atoms with Crippen LogP contribution >= 0.6 is 0 Å². The smallest absolute Gasteiger partial charge is 0.248 e. The number of fused-ring (bicyclic) bond motifs is 1. The molecule has 4 N–H and O–H groups in total. The molecule has 1 heterocycles. The van der Waals surface area contributed by atoms with E-state index in [0.29, 0.717) is 12.0 Å². The predicted octanol–water partition coefficient (Wildman–Crippen LogP) is 1.40. The number of aliphatic hydroxyl groups is 1. The average Bonchev–Trinajstić information content (AvgIpc) is 2.54. The molecule has 1 aliphatic heterocycles. The number of hydrogen-bond donors (Lipinski definition) is 3. The van der Waals surface area contributed by atoms with Crippen LogP contribution in [0.3, 0.4) is 0 Å². The zero-order chi connectivity index (χ0) is 15.5. The van der Waals surface area contributed by atoms with E-state index >= 15 is 0 Å². The van der Waals surface area contributed by atoms with Crippen molar-refractivity contribution in [3.63, 3.8) is 0 Å². The molecular weight excluding hydrogens is 276 g/mol. The molecule has 0 unspecified atom stereocenters. The van der Waals surface area contributed by atoms with Crippen LogP contribution in [0.2, 0.25) is 0 Å². The van der Waals surface area contributed by atoms with Gasteiger partial charge >= 0.3 is 0 Å². The number of aliphatic hydroxyl groups excluding tert-OH is 1. The highest BCUT2D eigenvalue weighted by atomic mass is 16.3. The van der Waals surface area contributed by atoms with Crippen LogP contribution in [-0.2, 0) is 19.4 Å². The van der Waals surface area contributed by atoms with Crippen LogP contribution in [0.15, 0.2) is 48.5 Å². The van der Waals surface area contributed by atoms with Crippen molar-refractivity contribution < 1.29 is 9.90 Å². The Kier molecular flexibility index (Phi) is 4.22. The van der Waals surface area contributed by atoms with E-state index in [0.717, 1.165) is 18.5 Å². The number of hydrogen-bond acceptors (Lipinski definition) is 3. The van der Waals surface area contributed by atoms with Crippen molar-refractivity contribution >= 4 is 5.91 Å². The Morgan fingerprint density at radius 3 is 2.64 bits per heavy atom. The largest absolute Gasteiger partial charge is 0.391 e. The molecule has 2 aromatic carbocycles. The summed E-state index contributed by atoms with van der Waals surface area (Å²) in [6.07, 6.45) is 0.642. The quantitative estimate of drug-likeness (QED) is 0.798. The molecular formula is C18H20N2O2. The maximum Gasteiger partial charge on any atom is 0.248 e. The molecule has 0 aliphatic carbocycles. The number of carbonyl (C=O) groups excluding carboxylic acids is 1. The summed E-state index contributed by atoms with van der Waals surface area (Å²) in [4.78, 5) is 11.5. The second-order valence-electron chi connectivity index (χ2n) is 5.75. The van der Waals surface area contributed by atoms with Crippen molar-refractivity contribution in [3.8, 4) is 0 Å². The normalized spacial score (nSPS) is 18.5. The second kappa shape index (κ2) is 6.30. The van der Waals surface area contributed by atoms with Gasteiger partial charge in [0.15, 0.2) is 0 Å². The summed E-state index contributed by atoms with van der Waals surface area (Å²) in [5, 5.41) is 13.9. The van der Waals surface area contributed by atoms with Crippen LogP contribution < -0.4 is 11.1 Å². The number of nitrogens with one attached hydrogen (secondary N) is 1. The van der Waals surface area contributed by atoms with Crippen molar-refractivity contribution in [1.82, 2.24) is 5.32 Å². The molecule has 0 radical (unpaired) electrons. The monoisotopic (exact) mass is 296 g/mol. The first-order valence-corrected chi connectivity index (χ1v) is 7.51. The first-order chi connectivity index (χ1) is 10.6. The van der Waals surface area contributed by atoms with Crippen molar-refractivity contribution in [2.24, 2.45) is 5.73 Å². The molecule has 0 saturated carbocycles. The van der Waals surface area contributed by atoms with Crippen LogP contribution in [0, 0.1) is 0 Å². The van der Waals surface area contributed by atoms with Gasteiger partial charge in [-0.2, -0.15) is 0 Å². The summed E-state index contributed by atoms with van der Waals surface area (Å²) in [6.45, 7) is 0.759. The van der Waals surface area contributed by atoms with Gasteiger partial charge < -0.3 is 16.2 Å². The zero-order valence-corrected chi connectivity index (χ0v) is 12.3. The lowest BCUT2D eigenvalue weighted by molar-refractivity contribution is 0.0995. The van der Waals surface area contributed by atoms with Crippen LogP contribution in [0.5, 0.6) is 0 Å². The fourth-order valence-corrected chi connectivity index (χ4v) is 3.06. The number of primary amides is 1. The van der Waals surface area contributed by atoms with Crippen LogP contribution in [0.25, 0.3) is 0 Å². The predicted molar refractivity (Wildman–Crippen MR) is 85.4 cm³/mol.